The molecular weight excluding hydrogens is 350 g/mol. The number of benzene rings is 1. The number of rotatable bonds is 9. The van der Waals surface area contributed by atoms with Gasteiger partial charge in [0.2, 0.25) is 0 Å². The molecule has 3 nitrogen and oxygen atoms in total. The van der Waals surface area contributed by atoms with E-state index in [1.165, 1.54) is 34.2 Å². The van der Waals surface area contributed by atoms with E-state index in [4.69, 9.17) is 17.2 Å². The van der Waals surface area contributed by atoms with Crippen molar-refractivity contribution in [2.75, 3.05) is 37.6 Å². The van der Waals surface area contributed by atoms with Crippen LogP contribution in [0.15, 0.2) is 24.3 Å². The van der Waals surface area contributed by atoms with Crippen molar-refractivity contribution in [1.82, 2.24) is 9.88 Å². The summed E-state index contributed by atoms with van der Waals surface area (Å²) in [5, 5.41) is 1.27. The molecule has 3 rings (SSSR count). The summed E-state index contributed by atoms with van der Waals surface area (Å²) in [7, 11) is 0. The lowest BCUT2D eigenvalue weighted by Crippen LogP contribution is -2.24. The highest BCUT2D eigenvalue weighted by atomic mass is 32.1. The lowest BCUT2D eigenvalue weighted by molar-refractivity contribution is 0.302. The van der Waals surface area contributed by atoms with E-state index in [1.54, 1.807) is 0 Å². The normalized spacial score (nSPS) is 14.4. The Morgan fingerprint density at radius 3 is 2.59 bits per heavy atom. The number of hydrogen-bond donors (Lipinski definition) is 0. The summed E-state index contributed by atoms with van der Waals surface area (Å²) >= 11 is 5.67. The zero-order valence-corrected chi connectivity index (χ0v) is 17.9. The van der Waals surface area contributed by atoms with Crippen molar-refractivity contribution < 1.29 is 0 Å². The monoisotopic (exact) mass is 383 g/mol. The third-order valence-corrected chi connectivity index (χ3v) is 6.07. The molecular formula is C23H33N3S. The van der Waals surface area contributed by atoms with Gasteiger partial charge in [0.15, 0.2) is 0 Å². The number of aromatic nitrogens is 1. The Balaban J connectivity index is 1.64. The van der Waals surface area contributed by atoms with Crippen molar-refractivity contribution in [3.8, 4) is 0 Å². The lowest BCUT2D eigenvalue weighted by Gasteiger charge is -2.18. The predicted molar refractivity (Wildman–Crippen MR) is 121 cm³/mol. The van der Waals surface area contributed by atoms with Gasteiger partial charge in [-0.2, -0.15) is 0 Å². The van der Waals surface area contributed by atoms with Gasteiger partial charge >= 0.3 is 0 Å². The van der Waals surface area contributed by atoms with Crippen LogP contribution in [0.4, 0.5) is 5.82 Å². The number of thiocarbonyl (C=S) groups is 1. The highest BCUT2D eigenvalue weighted by Crippen LogP contribution is 2.26. The number of fused-ring (bicyclic) bond motifs is 1. The van der Waals surface area contributed by atoms with Crippen LogP contribution in [0, 0.1) is 6.92 Å². The van der Waals surface area contributed by atoms with Crippen LogP contribution in [0.3, 0.4) is 0 Å². The molecule has 0 unspecified atom stereocenters. The van der Waals surface area contributed by atoms with E-state index in [1.807, 2.05) is 0 Å². The van der Waals surface area contributed by atoms with Gasteiger partial charge in [-0.3, -0.25) is 0 Å². The molecule has 0 bridgehead atoms. The molecule has 1 fully saturated rings. The second-order valence-electron chi connectivity index (χ2n) is 7.69. The fourth-order valence-corrected chi connectivity index (χ4v) is 4.31. The second-order valence-corrected chi connectivity index (χ2v) is 8.27. The van der Waals surface area contributed by atoms with E-state index in [9.17, 15) is 0 Å². The maximum atomic E-state index is 5.67. The van der Waals surface area contributed by atoms with Gasteiger partial charge in [0.05, 0.1) is 5.52 Å². The second kappa shape index (κ2) is 9.61. The zero-order chi connectivity index (χ0) is 19.2. The molecule has 2 heterocycles. The van der Waals surface area contributed by atoms with E-state index in [-0.39, 0.29) is 0 Å². The third kappa shape index (κ3) is 5.26. The van der Waals surface area contributed by atoms with E-state index in [0.717, 1.165) is 63.3 Å². The van der Waals surface area contributed by atoms with Crippen LogP contribution in [-0.4, -0.2) is 47.5 Å². The van der Waals surface area contributed by atoms with Crippen molar-refractivity contribution in [2.24, 2.45) is 0 Å². The quantitative estimate of drug-likeness (QED) is 0.556. The van der Waals surface area contributed by atoms with Crippen molar-refractivity contribution in [3.63, 3.8) is 0 Å². The summed E-state index contributed by atoms with van der Waals surface area (Å²) in [5.41, 5.74) is 3.73. The first-order chi connectivity index (χ1) is 13.1. The lowest BCUT2D eigenvalue weighted by atomic mass is 10.0. The van der Waals surface area contributed by atoms with Crippen LogP contribution in [0.1, 0.15) is 50.7 Å². The van der Waals surface area contributed by atoms with E-state index < -0.39 is 0 Å². The van der Waals surface area contributed by atoms with E-state index in [2.05, 4.69) is 54.8 Å². The van der Waals surface area contributed by atoms with Crippen LogP contribution in [-0.2, 0) is 6.42 Å². The van der Waals surface area contributed by atoms with E-state index in [0.29, 0.717) is 0 Å². The zero-order valence-electron chi connectivity index (χ0n) is 17.1. The van der Waals surface area contributed by atoms with Crippen LogP contribution in [0.5, 0.6) is 0 Å². The predicted octanol–water partition coefficient (Wildman–Crippen LogP) is 5.18. The van der Waals surface area contributed by atoms with Gasteiger partial charge in [0.1, 0.15) is 5.82 Å². The first-order valence-corrected chi connectivity index (χ1v) is 10.9. The molecule has 27 heavy (non-hydrogen) atoms. The number of nitrogens with zero attached hydrogens (tertiary/aromatic N) is 3. The summed E-state index contributed by atoms with van der Waals surface area (Å²) in [4.78, 5) is 11.0. The van der Waals surface area contributed by atoms with Crippen molar-refractivity contribution in [2.45, 2.75) is 52.9 Å². The molecule has 1 aromatic carbocycles. The first-order valence-electron chi connectivity index (χ1n) is 10.5. The Kier molecular flexibility index (Phi) is 7.20. The van der Waals surface area contributed by atoms with Gasteiger partial charge in [0.25, 0.3) is 0 Å². The minimum absolute atomic E-state index is 0.900. The molecule has 0 N–H and O–H groups in total. The molecule has 1 aliphatic heterocycles. The maximum absolute atomic E-state index is 5.67. The smallest absolute Gasteiger partial charge is 0.129 e. The molecule has 0 radical (unpaired) electrons. The van der Waals surface area contributed by atoms with Gasteiger partial charge in [-0.1, -0.05) is 32.1 Å². The molecule has 1 saturated heterocycles. The highest BCUT2D eigenvalue weighted by molar-refractivity contribution is 7.80. The topological polar surface area (TPSA) is 19.4 Å². The Hall–Kier alpha value is -1.52. The highest BCUT2D eigenvalue weighted by Gasteiger charge is 2.15. The van der Waals surface area contributed by atoms with Crippen LogP contribution in [0.2, 0.25) is 0 Å². The summed E-state index contributed by atoms with van der Waals surface area (Å²) < 4.78 is 0. The molecule has 0 aliphatic carbocycles. The molecule has 0 atom stereocenters. The van der Waals surface area contributed by atoms with Gasteiger partial charge in [-0.25, -0.2) is 4.98 Å². The van der Waals surface area contributed by atoms with Crippen LogP contribution < -0.4 is 4.90 Å². The summed E-state index contributed by atoms with van der Waals surface area (Å²) in [6.07, 6.45) is 5.66. The summed E-state index contributed by atoms with van der Waals surface area (Å²) in [5.74, 6) is 1.14. The fourth-order valence-electron chi connectivity index (χ4n) is 4.00. The molecule has 146 valence electrons. The Morgan fingerprint density at radius 2 is 1.89 bits per heavy atom. The number of pyridine rings is 1. The minimum Gasteiger partial charge on any atom is -0.357 e. The van der Waals surface area contributed by atoms with E-state index >= 15 is 0 Å². The average Bonchev–Trinajstić information content (AvgIpc) is 3.20. The molecule has 0 spiro atoms. The Morgan fingerprint density at radius 1 is 1.15 bits per heavy atom. The third-order valence-electron chi connectivity index (χ3n) is 5.72. The molecule has 1 aliphatic rings. The van der Waals surface area contributed by atoms with Crippen LogP contribution in [0.25, 0.3) is 10.9 Å². The molecule has 0 amide bonds. The number of hydrogen-bond acceptors (Lipinski definition) is 4. The fraction of sp³-hybridized carbons (Fsp3) is 0.565. The maximum Gasteiger partial charge on any atom is 0.129 e. The first kappa shape index (κ1) is 20.2. The number of anilines is 1. The van der Waals surface area contributed by atoms with Crippen LogP contribution >= 0.6 is 12.2 Å². The van der Waals surface area contributed by atoms with Gasteiger partial charge in [0, 0.05) is 24.9 Å². The molecule has 0 saturated carbocycles. The Bertz CT molecular complexity index is 777. The van der Waals surface area contributed by atoms with Crippen molar-refractivity contribution in [1.29, 1.82) is 0 Å². The van der Waals surface area contributed by atoms with Gasteiger partial charge in [-0.05, 0) is 86.4 Å². The molecule has 4 heteroatoms. The molecule has 1 aromatic heterocycles. The standard InChI is InChI=1S/C23H33N3S/c1-4-25(5-2)12-8-9-20(27)16-19-10-11-22-21(17-19)18(3)15-23(24-22)26-13-6-7-14-26/h10-11,15,17H,4-9,12-14,16H2,1-3H3. The number of aryl methyl sites for hydroxylation is 1. The largest absolute Gasteiger partial charge is 0.357 e. The van der Waals surface area contributed by atoms with Gasteiger partial charge in [-0.15, -0.1) is 0 Å². The van der Waals surface area contributed by atoms with Crippen molar-refractivity contribution in [3.05, 3.63) is 35.4 Å². The SMILES string of the molecule is CCN(CC)CCCC(=S)Cc1ccc2nc(N3CCCC3)cc(C)c2c1. The Labute approximate surface area is 169 Å². The average molecular weight is 384 g/mol. The summed E-state index contributed by atoms with van der Waals surface area (Å²) in [6.45, 7) is 12.3. The van der Waals surface area contributed by atoms with Crippen molar-refractivity contribution >= 4 is 33.8 Å². The summed E-state index contributed by atoms with van der Waals surface area (Å²) in [6, 6.07) is 8.93. The van der Waals surface area contributed by atoms with Gasteiger partial charge < -0.3 is 9.80 Å². The molecule has 2 aromatic rings. The minimum atomic E-state index is 0.900.